The lowest BCUT2D eigenvalue weighted by atomic mass is 9.79. The van der Waals surface area contributed by atoms with Crippen molar-refractivity contribution < 1.29 is 27.9 Å². The largest absolute Gasteiger partial charge is 0.468 e. The summed E-state index contributed by atoms with van der Waals surface area (Å²) in [6.45, 7) is 0. The number of rotatable bonds is 9. The Labute approximate surface area is 157 Å². The first kappa shape index (κ1) is 20.2. The van der Waals surface area contributed by atoms with Gasteiger partial charge in [0.1, 0.15) is 0 Å². The third-order valence-electron chi connectivity index (χ3n) is 3.62. The third kappa shape index (κ3) is 4.36. The number of hydrogen-bond donors (Lipinski definition) is 0. The first-order valence-corrected chi connectivity index (χ1v) is 9.83. The lowest BCUT2D eigenvalue weighted by Gasteiger charge is -2.26. The number of aryl methyl sites for hydroxylation is 1. The second-order valence-corrected chi connectivity index (χ2v) is 6.59. The van der Waals surface area contributed by atoms with Gasteiger partial charge in [-0.15, -0.1) is 20.4 Å². The van der Waals surface area contributed by atoms with Crippen molar-refractivity contribution in [3.63, 3.8) is 0 Å². The highest BCUT2D eigenvalue weighted by Gasteiger charge is 2.50. The maximum absolute atomic E-state index is 12.5. The molecule has 0 radical (unpaired) electrons. The Morgan fingerprint density at radius 1 is 0.923 bits per heavy atom. The molecular formula is C14H18N4O6S2. The van der Waals surface area contributed by atoms with Gasteiger partial charge in [-0.2, -0.15) is 0 Å². The number of nitrogens with zero attached hydrogens (tertiary/aromatic N) is 4. The fourth-order valence-electron chi connectivity index (χ4n) is 2.30. The average molecular weight is 402 g/mol. The summed E-state index contributed by atoms with van der Waals surface area (Å²) in [5.41, 5.74) is -1.67. The van der Waals surface area contributed by atoms with Gasteiger partial charge in [0, 0.05) is 6.42 Å². The Hall–Kier alpha value is -2.08. The molecule has 0 aliphatic rings. The minimum Gasteiger partial charge on any atom is -0.468 e. The molecule has 26 heavy (non-hydrogen) atoms. The van der Waals surface area contributed by atoms with Crippen molar-refractivity contribution in [2.75, 3.05) is 26.7 Å². The molecule has 142 valence electrons. The number of aromatic nitrogens is 4. The van der Waals surface area contributed by atoms with Crippen LogP contribution in [0.1, 0.15) is 18.2 Å². The first-order valence-electron chi connectivity index (χ1n) is 7.38. The second-order valence-electron chi connectivity index (χ2n) is 5.07. The smallest absolute Gasteiger partial charge is 0.323 e. The lowest BCUT2D eigenvalue weighted by molar-refractivity contribution is -0.170. The van der Waals surface area contributed by atoms with E-state index in [0.29, 0.717) is 16.3 Å². The molecule has 0 spiro atoms. The van der Waals surface area contributed by atoms with E-state index in [9.17, 15) is 9.59 Å². The summed E-state index contributed by atoms with van der Waals surface area (Å²) in [4.78, 5) is 25.0. The molecule has 10 nitrogen and oxygen atoms in total. The topological polar surface area (TPSA) is 130 Å². The van der Waals surface area contributed by atoms with Gasteiger partial charge in [0.05, 0.1) is 20.6 Å². The van der Waals surface area contributed by atoms with Crippen LogP contribution in [0.3, 0.4) is 0 Å². The number of ether oxygens (including phenoxy) is 2. The Morgan fingerprint density at radius 3 is 1.88 bits per heavy atom. The molecule has 0 fully saturated rings. The van der Waals surface area contributed by atoms with Gasteiger partial charge in [-0.25, -0.2) is 0 Å². The molecule has 0 amide bonds. The highest BCUT2D eigenvalue weighted by atomic mass is 32.2. The van der Waals surface area contributed by atoms with Gasteiger partial charge in [-0.05, 0) is 18.9 Å². The SMILES string of the molecule is COC(=O)C(CCc1nnc(SC)o1)(Cc1nnc(SC)o1)C(=O)OC. The second kappa shape index (κ2) is 9.03. The Morgan fingerprint density at radius 2 is 1.42 bits per heavy atom. The summed E-state index contributed by atoms with van der Waals surface area (Å²) >= 11 is 2.54. The van der Waals surface area contributed by atoms with Crippen LogP contribution in [0.5, 0.6) is 0 Å². The van der Waals surface area contributed by atoms with Crippen molar-refractivity contribution in [3.05, 3.63) is 11.8 Å². The molecule has 0 saturated carbocycles. The van der Waals surface area contributed by atoms with Gasteiger partial charge in [-0.3, -0.25) is 9.59 Å². The Kier molecular flexibility index (Phi) is 7.03. The van der Waals surface area contributed by atoms with Gasteiger partial charge < -0.3 is 18.3 Å². The number of esters is 2. The van der Waals surface area contributed by atoms with Gasteiger partial charge in [-0.1, -0.05) is 23.5 Å². The zero-order valence-corrected chi connectivity index (χ0v) is 16.3. The monoisotopic (exact) mass is 402 g/mol. The number of carbonyl (C=O) groups is 2. The van der Waals surface area contributed by atoms with Gasteiger partial charge in [0.2, 0.25) is 11.8 Å². The van der Waals surface area contributed by atoms with Crippen LogP contribution in [0.15, 0.2) is 19.3 Å². The molecule has 12 heteroatoms. The quantitative estimate of drug-likeness (QED) is 0.341. The number of carbonyl (C=O) groups excluding carboxylic acids is 2. The maximum Gasteiger partial charge on any atom is 0.323 e. The van der Waals surface area contributed by atoms with E-state index in [1.165, 1.54) is 37.7 Å². The van der Waals surface area contributed by atoms with E-state index >= 15 is 0 Å². The van der Waals surface area contributed by atoms with Crippen LogP contribution in [0, 0.1) is 5.41 Å². The summed E-state index contributed by atoms with van der Waals surface area (Å²) in [6, 6.07) is 0. The molecule has 2 aromatic heterocycles. The molecule has 0 aliphatic carbocycles. The minimum atomic E-state index is -1.67. The standard InChI is InChI=1S/C14H18N4O6S2/c1-21-10(19)14(11(20)22-2,7-9-16-18-13(24-9)26-4)6-5-8-15-17-12(23-8)25-3/h5-7H2,1-4H3. The van der Waals surface area contributed by atoms with Crippen molar-refractivity contribution in [2.45, 2.75) is 29.7 Å². The van der Waals surface area contributed by atoms with E-state index < -0.39 is 17.4 Å². The van der Waals surface area contributed by atoms with Gasteiger partial charge >= 0.3 is 11.9 Å². The van der Waals surface area contributed by atoms with E-state index in [-0.39, 0.29) is 25.2 Å². The number of methoxy groups -OCH3 is 2. The fraction of sp³-hybridized carbons (Fsp3) is 0.571. The lowest BCUT2D eigenvalue weighted by Crippen LogP contribution is -2.43. The summed E-state index contributed by atoms with van der Waals surface area (Å²) in [5.74, 6) is -1.11. The zero-order valence-electron chi connectivity index (χ0n) is 14.7. The van der Waals surface area contributed by atoms with Crippen molar-refractivity contribution >= 4 is 35.5 Å². The van der Waals surface area contributed by atoms with Crippen LogP contribution in [0.2, 0.25) is 0 Å². The van der Waals surface area contributed by atoms with Crippen LogP contribution < -0.4 is 0 Å². The highest BCUT2D eigenvalue weighted by molar-refractivity contribution is 7.98. The maximum atomic E-state index is 12.5. The Balaban J connectivity index is 2.31. The molecule has 0 N–H and O–H groups in total. The number of hydrogen-bond acceptors (Lipinski definition) is 12. The minimum absolute atomic E-state index is 0.0132. The molecular weight excluding hydrogens is 384 g/mol. The van der Waals surface area contributed by atoms with Crippen molar-refractivity contribution in [3.8, 4) is 0 Å². The van der Waals surface area contributed by atoms with Gasteiger partial charge in [0.25, 0.3) is 10.4 Å². The number of thioether (sulfide) groups is 2. The molecule has 0 aromatic carbocycles. The summed E-state index contributed by atoms with van der Waals surface area (Å²) in [5, 5.41) is 16.1. The molecule has 2 aromatic rings. The van der Waals surface area contributed by atoms with Gasteiger partial charge in [0.15, 0.2) is 5.41 Å². The third-order valence-corrected chi connectivity index (χ3v) is 4.65. The molecule has 0 aliphatic heterocycles. The van der Waals surface area contributed by atoms with Crippen LogP contribution >= 0.6 is 23.5 Å². The van der Waals surface area contributed by atoms with Crippen molar-refractivity contribution in [2.24, 2.45) is 5.41 Å². The normalized spacial score (nSPS) is 11.4. The Bertz CT molecular complexity index is 746. The fourth-order valence-corrected chi connectivity index (χ4v) is 2.91. The molecule has 0 saturated heterocycles. The van der Waals surface area contributed by atoms with E-state index in [1.54, 1.807) is 12.5 Å². The predicted molar refractivity (Wildman–Crippen MR) is 90.6 cm³/mol. The van der Waals surface area contributed by atoms with E-state index in [4.69, 9.17) is 18.3 Å². The first-order chi connectivity index (χ1) is 12.5. The highest BCUT2D eigenvalue weighted by Crippen LogP contribution is 2.33. The summed E-state index contributed by atoms with van der Waals surface area (Å²) in [7, 11) is 2.39. The molecule has 0 bridgehead atoms. The molecule has 2 rings (SSSR count). The van der Waals surface area contributed by atoms with Crippen LogP contribution in [-0.2, 0) is 31.9 Å². The van der Waals surface area contributed by atoms with E-state index in [0.717, 1.165) is 0 Å². The average Bonchev–Trinajstić information content (AvgIpc) is 3.32. The molecule has 0 unspecified atom stereocenters. The molecule has 0 atom stereocenters. The van der Waals surface area contributed by atoms with E-state index in [2.05, 4.69) is 20.4 Å². The van der Waals surface area contributed by atoms with Crippen LogP contribution in [0.25, 0.3) is 0 Å². The predicted octanol–water partition coefficient (Wildman–Crippen LogP) is 1.40. The van der Waals surface area contributed by atoms with Crippen molar-refractivity contribution in [1.29, 1.82) is 0 Å². The summed E-state index contributed by atoms with van der Waals surface area (Å²) in [6.07, 6.45) is 3.58. The zero-order chi connectivity index (χ0) is 19.2. The summed E-state index contributed by atoms with van der Waals surface area (Å²) < 4.78 is 20.5. The van der Waals surface area contributed by atoms with Crippen LogP contribution in [0.4, 0.5) is 0 Å². The molecule has 2 heterocycles. The van der Waals surface area contributed by atoms with Crippen LogP contribution in [-0.4, -0.2) is 59.1 Å². The van der Waals surface area contributed by atoms with Crippen molar-refractivity contribution in [1.82, 2.24) is 20.4 Å². The van der Waals surface area contributed by atoms with E-state index in [1.807, 2.05) is 0 Å².